The molecule has 0 radical (unpaired) electrons. The first-order chi connectivity index (χ1) is 42.5. The minimum absolute atomic E-state index is 1.09. The molecule has 0 aromatic heterocycles. The zero-order valence-electron chi connectivity index (χ0n) is 48.1. The third-order valence-corrected chi connectivity index (χ3v) is 17.2. The van der Waals surface area contributed by atoms with E-state index in [2.05, 4.69) is 351 Å². The summed E-state index contributed by atoms with van der Waals surface area (Å²) in [5.41, 5.74) is 23.4. The number of nitrogens with zero attached hydrogens (tertiary/aromatic N) is 2. The Morgan fingerprint density at radius 1 is 0.186 bits per heavy atom. The number of fused-ring (bicyclic) bond motifs is 6. The van der Waals surface area contributed by atoms with Crippen molar-refractivity contribution in [2.24, 2.45) is 0 Å². The fourth-order valence-electron chi connectivity index (χ4n) is 12.8. The average Bonchev–Trinajstić information content (AvgIpc) is 0.763. The molecule has 0 unspecified atom stereocenters. The van der Waals surface area contributed by atoms with Crippen LogP contribution in [0.5, 0.6) is 0 Å². The molecule has 0 atom stereocenters. The highest BCUT2D eigenvalue weighted by atomic mass is 15.1. The molecule has 0 fully saturated rings. The van der Waals surface area contributed by atoms with Crippen LogP contribution >= 0.6 is 0 Å². The highest BCUT2D eigenvalue weighted by Gasteiger charge is 2.23. The Morgan fingerprint density at radius 2 is 0.419 bits per heavy atom. The maximum atomic E-state index is 2.40. The summed E-state index contributed by atoms with van der Waals surface area (Å²) in [6.07, 6.45) is 0. The van der Waals surface area contributed by atoms with E-state index in [1.165, 1.54) is 121 Å². The monoisotopic (exact) mass is 1100 g/mol. The highest BCUT2D eigenvalue weighted by Crippen LogP contribution is 2.50. The van der Waals surface area contributed by atoms with Crippen LogP contribution in [-0.2, 0) is 0 Å². The van der Waals surface area contributed by atoms with Crippen LogP contribution in [0.1, 0.15) is 11.1 Å². The second-order valence-electron chi connectivity index (χ2n) is 22.6. The lowest BCUT2D eigenvalue weighted by Crippen LogP contribution is -2.10. The van der Waals surface area contributed by atoms with Gasteiger partial charge >= 0.3 is 0 Å². The molecule has 406 valence electrons. The molecular weight excluding hydrogens is 1040 g/mol. The predicted octanol–water partition coefficient (Wildman–Crippen LogP) is 23.9. The van der Waals surface area contributed by atoms with Crippen LogP contribution in [-0.4, -0.2) is 0 Å². The quantitative estimate of drug-likeness (QED) is 0.0889. The van der Waals surface area contributed by atoms with Crippen LogP contribution in [0.15, 0.2) is 328 Å². The minimum Gasteiger partial charge on any atom is -0.310 e. The first kappa shape index (κ1) is 51.8. The molecule has 0 aliphatic carbocycles. The molecule has 0 heterocycles. The maximum absolute atomic E-state index is 2.40. The second-order valence-corrected chi connectivity index (χ2v) is 22.6. The van der Waals surface area contributed by atoms with Gasteiger partial charge in [0.15, 0.2) is 0 Å². The van der Waals surface area contributed by atoms with Gasteiger partial charge in [-0.15, -0.1) is 0 Å². The normalized spacial score (nSPS) is 11.4. The van der Waals surface area contributed by atoms with E-state index in [-0.39, 0.29) is 0 Å². The van der Waals surface area contributed by atoms with Crippen molar-refractivity contribution in [3.63, 3.8) is 0 Å². The number of benzene rings is 15. The number of anilines is 6. The summed E-state index contributed by atoms with van der Waals surface area (Å²) in [5, 5.41) is 9.68. The summed E-state index contributed by atoms with van der Waals surface area (Å²) in [6, 6.07) is 120. The smallest absolute Gasteiger partial charge is 0.0468 e. The van der Waals surface area contributed by atoms with E-state index in [1.54, 1.807) is 0 Å². The highest BCUT2D eigenvalue weighted by molar-refractivity contribution is 6.32. The Hall–Kier alpha value is -11.1. The second kappa shape index (κ2) is 22.3. The van der Waals surface area contributed by atoms with Crippen molar-refractivity contribution >= 4 is 77.2 Å². The fraction of sp³-hybridized carbons (Fsp3) is 0.0238. The molecule has 0 spiro atoms. The molecular formula is C84H60N2. The topological polar surface area (TPSA) is 6.48 Å². The van der Waals surface area contributed by atoms with Gasteiger partial charge in [-0.25, -0.2) is 0 Å². The Kier molecular flexibility index (Phi) is 13.4. The lowest BCUT2D eigenvalue weighted by molar-refractivity contribution is 1.29. The van der Waals surface area contributed by atoms with Crippen LogP contribution < -0.4 is 9.80 Å². The molecule has 0 saturated carbocycles. The van der Waals surface area contributed by atoms with Gasteiger partial charge in [0.05, 0.1) is 0 Å². The van der Waals surface area contributed by atoms with Crippen molar-refractivity contribution in [2.75, 3.05) is 9.80 Å². The fourth-order valence-corrected chi connectivity index (χ4v) is 12.8. The van der Waals surface area contributed by atoms with Crippen LogP contribution in [0, 0.1) is 13.8 Å². The molecule has 2 nitrogen and oxygen atoms in total. The third-order valence-electron chi connectivity index (χ3n) is 17.2. The minimum atomic E-state index is 1.09. The van der Waals surface area contributed by atoms with E-state index >= 15 is 0 Å². The summed E-state index contributed by atoms with van der Waals surface area (Å²) >= 11 is 0. The van der Waals surface area contributed by atoms with Gasteiger partial charge < -0.3 is 9.80 Å². The standard InChI is InChI=1S/C84H60N2/c1-57-23-27-67(28-24-57)81-79-51-39-70-56-76(86(73-45-35-65(36-46-73)61-19-11-5-12-20-61)74-47-37-66(38-48-74)62-21-13-6-14-22-62)50-54-78(70)84(79)82(68-29-25-58(2)26-30-68)80-52-40-69-55-75(49-53-77(69)83(80)81)85(71-41-31-63(32-42-71)59-15-7-3-8-16-59)72-43-33-64(34-44-72)60-17-9-4-10-18-60/h3-56H,1-2H3. The van der Waals surface area contributed by atoms with E-state index in [0.717, 1.165) is 34.1 Å². The predicted molar refractivity (Wildman–Crippen MR) is 368 cm³/mol. The summed E-state index contributed by atoms with van der Waals surface area (Å²) in [6.45, 7) is 4.36. The van der Waals surface area contributed by atoms with Crippen molar-refractivity contribution in [3.05, 3.63) is 339 Å². The SMILES string of the molecule is Cc1ccc(-c2c3ccc4cc(N(c5ccc(-c6ccccc6)cc5)c5ccc(-c6ccccc6)cc5)ccc4c3c(-c3ccc(C)cc3)c3ccc4cc(N(c5ccc(-c6ccccc6)cc5)c5ccc(-c6ccccc6)cc5)ccc4c23)cc1. The van der Waals surface area contributed by atoms with E-state index in [4.69, 9.17) is 0 Å². The van der Waals surface area contributed by atoms with Crippen LogP contribution in [0.4, 0.5) is 34.1 Å². The first-order valence-electron chi connectivity index (χ1n) is 29.7. The molecule has 0 saturated heterocycles. The largest absolute Gasteiger partial charge is 0.310 e. The Morgan fingerprint density at radius 3 is 0.698 bits per heavy atom. The Bertz CT molecular complexity index is 4420. The third kappa shape index (κ3) is 9.73. The van der Waals surface area contributed by atoms with Gasteiger partial charge in [0.2, 0.25) is 0 Å². The maximum Gasteiger partial charge on any atom is 0.0468 e. The van der Waals surface area contributed by atoms with Crippen LogP contribution in [0.2, 0.25) is 0 Å². The zero-order chi connectivity index (χ0) is 57.5. The molecule has 15 rings (SSSR count). The van der Waals surface area contributed by atoms with E-state index in [1.807, 2.05) is 0 Å². The van der Waals surface area contributed by atoms with Gasteiger partial charge in [0.1, 0.15) is 0 Å². The van der Waals surface area contributed by atoms with Crippen LogP contribution in [0.25, 0.3) is 110 Å². The molecule has 2 heteroatoms. The number of hydrogen-bond donors (Lipinski definition) is 0. The Balaban J connectivity index is 0.925. The van der Waals surface area contributed by atoms with Crippen LogP contribution in [0.3, 0.4) is 0 Å². The molecule has 0 amide bonds. The first-order valence-corrected chi connectivity index (χ1v) is 29.7. The Labute approximate surface area is 503 Å². The van der Waals surface area contributed by atoms with Gasteiger partial charge in [-0.3, -0.25) is 0 Å². The van der Waals surface area contributed by atoms with Gasteiger partial charge in [0, 0.05) is 34.1 Å². The number of hydrogen-bond acceptors (Lipinski definition) is 2. The summed E-state index contributed by atoms with van der Waals surface area (Å²) in [5.74, 6) is 0. The molecule has 86 heavy (non-hydrogen) atoms. The van der Waals surface area contributed by atoms with Crippen molar-refractivity contribution < 1.29 is 0 Å². The molecule has 0 N–H and O–H groups in total. The summed E-state index contributed by atoms with van der Waals surface area (Å²) < 4.78 is 0. The van der Waals surface area contributed by atoms with E-state index < -0.39 is 0 Å². The molecule has 15 aromatic carbocycles. The van der Waals surface area contributed by atoms with E-state index in [9.17, 15) is 0 Å². The number of rotatable bonds is 12. The van der Waals surface area contributed by atoms with Gasteiger partial charge in [-0.1, -0.05) is 266 Å². The van der Waals surface area contributed by atoms with Crippen molar-refractivity contribution in [1.29, 1.82) is 0 Å². The van der Waals surface area contributed by atoms with E-state index in [0.29, 0.717) is 0 Å². The van der Waals surface area contributed by atoms with Gasteiger partial charge in [-0.2, -0.15) is 0 Å². The van der Waals surface area contributed by atoms with Crippen molar-refractivity contribution in [1.82, 2.24) is 0 Å². The molecule has 0 aliphatic heterocycles. The molecule has 0 aliphatic rings. The molecule has 15 aromatic rings. The summed E-state index contributed by atoms with van der Waals surface area (Å²) in [7, 11) is 0. The lowest BCUT2D eigenvalue weighted by Gasteiger charge is -2.27. The van der Waals surface area contributed by atoms with Gasteiger partial charge in [-0.05, 0) is 196 Å². The van der Waals surface area contributed by atoms with Crippen molar-refractivity contribution in [3.8, 4) is 66.8 Å². The zero-order valence-corrected chi connectivity index (χ0v) is 48.1. The molecule has 0 bridgehead atoms. The average molecular weight is 1100 g/mol. The lowest BCUT2D eigenvalue weighted by atomic mass is 9.82. The number of aryl methyl sites for hydroxylation is 2. The van der Waals surface area contributed by atoms with Crippen molar-refractivity contribution in [2.45, 2.75) is 13.8 Å². The summed E-state index contributed by atoms with van der Waals surface area (Å²) in [4.78, 5) is 4.79. The van der Waals surface area contributed by atoms with Gasteiger partial charge in [0.25, 0.3) is 0 Å².